The van der Waals surface area contributed by atoms with Gasteiger partial charge in [-0.15, -0.1) is 0 Å². The Hall–Kier alpha value is -2.44. The number of benzene rings is 2. The van der Waals surface area contributed by atoms with E-state index >= 15 is 0 Å². The van der Waals surface area contributed by atoms with E-state index in [0.717, 1.165) is 5.69 Å². The first kappa shape index (κ1) is 24.2. The van der Waals surface area contributed by atoms with Crippen LogP contribution in [0.5, 0.6) is 5.75 Å². The van der Waals surface area contributed by atoms with Gasteiger partial charge in [-0.05, 0) is 43.3 Å². The third-order valence-electron chi connectivity index (χ3n) is 5.25. The van der Waals surface area contributed by atoms with E-state index in [4.69, 9.17) is 27.9 Å². The second-order valence-electron chi connectivity index (χ2n) is 8.73. The molecular formula is C24H29Cl2N3O3. The molecule has 2 amide bonds. The fourth-order valence-electron chi connectivity index (χ4n) is 3.58. The molecule has 3 rings (SSSR count). The SMILES string of the molecule is CCOc1ccc(C(=O)Nc2ccc(N3CCN(C(=O)C(C)(C)C)CC3)c(Cl)c2)cc1Cl. The Morgan fingerprint density at radius 3 is 2.25 bits per heavy atom. The van der Waals surface area contributed by atoms with Crippen LogP contribution in [-0.2, 0) is 4.79 Å². The van der Waals surface area contributed by atoms with Crippen LogP contribution in [0.25, 0.3) is 0 Å². The van der Waals surface area contributed by atoms with Crippen molar-refractivity contribution in [2.45, 2.75) is 27.7 Å². The summed E-state index contributed by atoms with van der Waals surface area (Å²) in [5.41, 5.74) is 1.53. The van der Waals surface area contributed by atoms with Crippen molar-refractivity contribution in [1.29, 1.82) is 0 Å². The number of amides is 2. The first-order valence-electron chi connectivity index (χ1n) is 10.7. The van der Waals surface area contributed by atoms with Gasteiger partial charge in [-0.25, -0.2) is 0 Å². The van der Waals surface area contributed by atoms with Crippen molar-refractivity contribution in [1.82, 2.24) is 4.90 Å². The highest BCUT2D eigenvalue weighted by molar-refractivity contribution is 6.34. The first-order valence-corrected chi connectivity index (χ1v) is 11.4. The zero-order valence-corrected chi connectivity index (χ0v) is 20.4. The van der Waals surface area contributed by atoms with Crippen molar-refractivity contribution in [2.75, 3.05) is 43.0 Å². The summed E-state index contributed by atoms with van der Waals surface area (Å²) < 4.78 is 5.40. The van der Waals surface area contributed by atoms with Crippen LogP contribution in [0.1, 0.15) is 38.1 Å². The lowest BCUT2D eigenvalue weighted by Gasteiger charge is -2.39. The molecular weight excluding hydrogens is 449 g/mol. The number of nitrogens with one attached hydrogen (secondary N) is 1. The minimum atomic E-state index is -0.382. The van der Waals surface area contributed by atoms with Gasteiger partial charge in [0.1, 0.15) is 5.75 Å². The summed E-state index contributed by atoms with van der Waals surface area (Å²) in [5.74, 6) is 0.422. The van der Waals surface area contributed by atoms with Crippen LogP contribution in [0.4, 0.5) is 11.4 Å². The van der Waals surface area contributed by atoms with Crippen LogP contribution >= 0.6 is 23.2 Å². The molecule has 0 radical (unpaired) electrons. The Morgan fingerprint density at radius 2 is 1.69 bits per heavy atom. The van der Waals surface area contributed by atoms with E-state index in [0.29, 0.717) is 59.8 Å². The second-order valence-corrected chi connectivity index (χ2v) is 9.54. The molecule has 1 saturated heterocycles. The van der Waals surface area contributed by atoms with Gasteiger partial charge in [-0.3, -0.25) is 9.59 Å². The Bertz CT molecular complexity index is 996. The minimum absolute atomic E-state index is 0.163. The predicted octanol–water partition coefficient (Wildman–Crippen LogP) is 5.34. The maximum absolute atomic E-state index is 12.6. The number of hydrogen-bond acceptors (Lipinski definition) is 4. The summed E-state index contributed by atoms with van der Waals surface area (Å²) in [7, 11) is 0. The molecule has 1 N–H and O–H groups in total. The first-order chi connectivity index (χ1) is 15.1. The maximum atomic E-state index is 12.6. The molecule has 0 saturated carbocycles. The topological polar surface area (TPSA) is 61.9 Å². The minimum Gasteiger partial charge on any atom is -0.492 e. The van der Waals surface area contributed by atoms with Gasteiger partial charge in [0.05, 0.1) is 22.3 Å². The smallest absolute Gasteiger partial charge is 0.255 e. The van der Waals surface area contributed by atoms with Crippen LogP contribution in [-0.4, -0.2) is 49.5 Å². The molecule has 6 nitrogen and oxygen atoms in total. The van der Waals surface area contributed by atoms with Gasteiger partial charge in [0, 0.05) is 42.8 Å². The summed E-state index contributed by atoms with van der Waals surface area (Å²) >= 11 is 12.7. The molecule has 0 spiro atoms. The van der Waals surface area contributed by atoms with E-state index in [1.807, 2.05) is 44.7 Å². The summed E-state index contributed by atoms with van der Waals surface area (Å²) in [4.78, 5) is 29.2. The monoisotopic (exact) mass is 477 g/mol. The fraction of sp³-hybridized carbons (Fsp3) is 0.417. The number of halogens is 2. The number of piperazine rings is 1. The third kappa shape index (κ3) is 5.67. The number of carbonyl (C=O) groups is 2. The van der Waals surface area contributed by atoms with Gasteiger partial charge >= 0.3 is 0 Å². The molecule has 0 aliphatic carbocycles. The number of nitrogens with zero attached hydrogens (tertiary/aromatic N) is 2. The number of carbonyl (C=O) groups excluding carboxylic acids is 2. The van der Waals surface area contributed by atoms with Crippen molar-refractivity contribution >= 4 is 46.4 Å². The molecule has 2 aromatic carbocycles. The molecule has 0 atom stereocenters. The zero-order valence-electron chi connectivity index (χ0n) is 18.9. The molecule has 0 bridgehead atoms. The van der Waals surface area contributed by atoms with E-state index in [1.54, 1.807) is 24.3 Å². The summed E-state index contributed by atoms with van der Waals surface area (Å²) in [5, 5.41) is 3.78. The van der Waals surface area contributed by atoms with E-state index in [9.17, 15) is 9.59 Å². The Labute approximate surface area is 199 Å². The molecule has 1 fully saturated rings. The van der Waals surface area contributed by atoms with Crippen molar-refractivity contribution < 1.29 is 14.3 Å². The molecule has 1 aliphatic heterocycles. The Kier molecular flexibility index (Phi) is 7.57. The molecule has 0 aromatic heterocycles. The molecule has 0 unspecified atom stereocenters. The van der Waals surface area contributed by atoms with Crippen LogP contribution in [0, 0.1) is 5.41 Å². The number of hydrogen-bond donors (Lipinski definition) is 1. The van der Waals surface area contributed by atoms with Crippen molar-refractivity contribution in [2.24, 2.45) is 5.41 Å². The van der Waals surface area contributed by atoms with E-state index in [-0.39, 0.29) is 17.2 Å². The average Bonchev–Trinajstić information content (AvgIpc) is 2.74. The third-order valence-corrected chi connectivity index (χ3v) is 5.85. The highest BCUT2D eigenvalue weighted by Gasteiger charge is 2.30. The number of rotatable bonds is 5. The highest BCUT2D eigenvalue weighted by atomic mass is 35.5. The van der Waals surface area contributed by atoms with Gasteiger partial charge in [0.25, 0.3) is 5.91 Å². The van der Waals surface area contributed by atoms with Crippen LogP contribution < -0.4 is 15.0 Å². The second kappa shape index (κ2) is 10.0. The number of ether oxygens (including phenoxy) is 1. The standard InChI is InChI=1S/C24H29Cl2N3O3/c1-5-32-21-9-6-16(14-19(21)26)22(30)27-17-7-8-20(18(25)15-17)28-10-12-29(13-11-28)23(31)24(2,3)4/h6-9,14-15H,5,10-13H2,1-4H3,(H,27,30). The van der Waals surface area contributed by atoms with E-state index in [2.05, 4.69) is 10.2 Å². The van der Waals surface area contributed by atoms with Gasteiger partial charge in [-0.2, -0.15) is 0 Å². The highest BCUT2D eigenvalue weighted by Crippen LogP contribution is 2.31. The lowest BCUT2D eigenvalue weighted by molar-refractivity contribution is -0.139. The van der Waals surface area contributed by atoms with Crippen LogP contribution in [0.2, 0.25) is 10.0 Å². The average molecular weight is 478 g/mol. The van der Waals surface area contributed by atoms with Gasteiger partial charge in [-0.1, -0.05) is 44.0 Å². The summed E-state index contributed by atoms with van der Waals surface area (Å²) in [6, 6.07) is 10.4. The maximum Gasteiger partial charge on any atom is 0.255 e. The van der Waals surface area contributed by atoms with Crippen molar-refractivity contribution in [3.63, 3.8) is 0 Å². The summed E-state index contributed by atoms with van der Waals surface area (Å²) in [6.07, 6.45) is 0. The lowest BCUT2D eigenvalue weighted by Crippen LogP contribution is -2.51. The zero-order chi connectivity index (χ0) is 23.5. The largest absolute Gasteiger partial charge is 0.492 e. The van der Waals surface area contributed by atoms with Gasteiger partial charge in [0.15, 0.2) is 0 Å². The quantitative estimate of drug-likeness (QED) is 0.631. The molecule has 8 heteroatoms. The Balaban J connectivity index is 1.64. The molecule has 172 valence electrons. The van der Waals surface area contributed by atoms with Gasteiger partial charge in [0.2, 0.25) is 5.91 Å². The molecule has 1 aliphatic rings. The molecule has 1 heterocycles. The summed E-state index contributed by atoms with van der Waals surface area (Å²) in [6.45, 7) is 10.9. The molecule has 32 heavy (non-hydrogen) atoms. The van der Waals surface area contributed by atoms with Crippen molar-refractivity contribution in [3.05, 3.63) is 52.0 Å². The fourth-order valence-corrected chi connectivity index (χ4v) is 4.12. The Morgan fingerprint density at radius 1 is 1.00 bits per heavy atom. The lowest BCUT2D eigenvalue weighted by atomic mass is 9.94. The normalized spacial score (nSPS) is 14.3. The van der Waals surface area contributed by atoms with Crippen LogP contribution in [0.15, 0.2) is 36.4 Å². The van der Waals surface area contributed by atoms with Gasteiger partial charge < -0.3 is 19.9 Å². The number of anilines is 2. The van der Waals surface area contributed by atoms with Crippen molar-refractivity contribution in [3.8, 4) is 5.75 Å². The molecule has 2 aromatic rings. The van der Waals surface area contributed by atoms with E-state index < -0.39 is 0 Å². The van der Waals surface area contributed by atoms with E-state index in [1.165, 1.54) is 0 Å². The van der Waals surface area contributed by atoms with Crippen LogP contribution in [0.3, 0.4) is 0 Å². The predicted molar refractivity (Wildman–Crippen MR) is 130 cm³/mol.